The zero-order valence-corrected chi connectivity index (χ0v) is 21.7. The molecular weight excluding hydrogens is 492 g/mol. The Morgan fingerprint density at radius 1 is 1.17 bits per heavy atom. The molecule has 6 nitrogen and oxygen atoms in total. The van der Waals surface area contributed by atoms with E-state index in [4.69, 9.17) is 9.72 Å². The Hall–Kier alpha value is -2.01. The molecule has 10 heteroatoms. The van der Waals surface area contributed by atoms with Crippen LogP contribution in [0.15, 0.2) is 46.5 Å². The van der Waals surface area contributed by atoms with Crippen LogP contribution in [-0.2, 0) is 27.1 Å². The summed E-state index contributed by atoms with van der Waals surface area (Å²) in [5.74, 6) is -0.567. The van der Waals surface area contributed by atoms with Crippen LogP contribution in [0.2, 0.25) is 0 Å². The fourth-order valence-electron chi connectivity index (χ4n) is 4.40. The van der Waals surface area contributed by atoms with Gasteiger partial charge >= 0.3 is 0 Å². The zero-order valence-electron chi connectivity index (χ0n) is 20.0. The van der Waals surface area contributed by atoms with Crippen molar-refractivity contribution in [1.82, 2.24) is 13.9 Å². The monoisotopic (exact) mass is 523 g/mol. The highest BCUT2D eigenvalue weighted by atomic mass is 32.2. The van der Waals surface area contributed by atoms with E-state index < -0.39 is 21.7 Å². The summed E-state index contributed by atoms with van der Waals surface area (Å²) >= 11 is 1.37. The minimum Gasteiger partial charge on any atom is -0.382 e. The lowest BCUT2D eigenvalue weighted by molar-refractivity contribution is 0.141. The van der Waals surface area contributed by atoms with Gasteiger partial charge in [0, 0.05) is 44.7 Å². The lowest BCUT2D eigenvalue weighted by Gasteiger charge is -2.30. The topological polar surface area (TPSA) is 64.4 Å². The molecule has 0 saturated carbocycles. The van der Waals surface area contributed by atoms with Crippen LogP contribution < -0.4 is 0 Å². The molecule has 2 heterocycles. The third kappa shape index (κ3) is 6.22. The summed E-state index contributed by atoms with van der Waals surface area (Å²) in [5.41, 5.74) is 1.92. The molecule has 35 heavy (non-hydrogen) atoms. The van der Waals surface area contributed by atoms with Crippen LogP contribution in [0.25, 0.3) is 11.0 Å². The van der Waals surface area contributed by atoms with Gasteiger partial charge in [-0.2, -0.15) is 4.31 Å². The average Bonchev–Trinajstić information content (AvgIpc) is 3.16. The van der Waals surface area contributed by atoms with Crippen LogP contribution in [0.1, 0.15) is 38.7 Å². The van der Waals surface area contributed by atoms with Crippen molar-refractivity contribution in [1.29, 1.82) is 0 Å². The Morgan fingerprint density at radius 2 is 1.94 bits per heavy atom. The molecule has 0 amide bonds. The van der Waals surface area contributed by atoms with Gasteiger partial charge in [0.25, 0.3) is 0 Å². The molecule has 0 N–H and O–H groups in total. The van der Waals surface area contributed by atoms with Crippen molar-refractivity contribution >= 4 is 32.8 Å². The predicted octanol–water partition coefficient (Wildman–Crippen LogP) is 5.45. The fraction of sp³-hybridized carbons (Fsp3) is 0.480. The number of aryl methyl sites for hydroxylation is 1. The van der Waals surface area contributed by atoms with Gasteiger partial charge in [0.05, 0.1) is 15.9 Å². The van der Waals surface area contributed by atoms with Gasteiger partial charge in [-0.15, -0.1) is 0 Å². The number of ether oxygens (including phenoxy) is 1. The molecule has 0 bridgehead atoms. The number of aromatic nitrogens is 2. The van der Waals surface area contributed by atoms with E-state index in [1.165, 1.54) is 23.9 Å². The first-order valence-corrected chi connectivity index (χ1v) is 14.4. The third-order valence-corrected chi connectivity index (χ3v) is 9.02. The van der Waals surface area contributed by atoms with Crippen molar-refractivity contribution in [2.75, 3.05) is 26.3 Å². The third-order valence-electron chi connectivity index (χ3n) is 6.11. The van der Waals surface area contributed by atoms with Crippen molar-refractivity contribution in [2.45, 2.75) is 55.5 Å². The van der Waals surface area contributed by atoms with E-state index >= 15 is 0 Å². The van der Waals surface area contributed by atoms with E-state index in [-0.39, 0.29) is 4.90 Å². The van der Waals surface area contributed by atoms with Gasteiger partial charge in [-0.05, 0) is 68.0 Å². The predicted molar refractivity (Wildman–Crippen MR) is 134 cm³/mol. The molecule has 0 radical (unpaired) electrons. The molecule has 4 rings (SSSR count). The summed E-state index contributed by atoms with van der Waals surface area (Å²) < 4.78 is 62.9. The van der Waals surface area contributed by atoms with Crippen LogP contribution in [0, 0.1) is 17.6 Å². The van der Waals surface area contributed by atoms with E-state index in [9.17, 15) is 17.2 Å². The highest BCUT2D eigenvalue weighted by molar-refractivity contribution is 7.98. The van der Waals surface area contributed by atoms with Crippen molar-refractivity contribution in [3.05, 3.63) is 53.6 Å². The second-order valence-electron chi connectivity index (χ2n) is 8.92. The lowest BCUT2D eigenvalue weighted by atomic mass is 10.0. The van der Waals surface area contributed by atoms with E-state index in [0.717, 1.165) is 30.8 Å². The standard InChI is InChI=1S/C25H31F2N3O3S2/c1-3-33-11-5-10-30-24-8-7-22(35(31,32)29-9-4-6-18(2)16-29)15-23(24)28-25(30)34-17-19-12-20(26)14-21(27)13-19/h7-8,12-15,18H,3-6,9-11,16-17H2,1-2H3/t18-/m1/s1. The normalized spacial score (nSPS) is 17.3. The van der Waals surface area contributed by atoms with Gasteiger partial charge in [-0.25, -0.2) is 22.2 Å². The van der Waals surface area contributed by atoms with Crippen LogP contribution in [-0.4, -0.2) is 48.6 Å². The zero-order chi connectivity index (χ0) is 25.0. The minimum atomic E-state index is -3.61. The Kier molecular flexibility index (Phi) is 8.46. The van der Waals surface area contributed by atoms with Crippen LogP contribution in [0.3, 0.4) is 0 Å². The van der Waals surface area contributed by atoms with E-state index in [1.54, 1.807) is 22.5 Å². The number of hydrogen-bond donors (Lipinski definition) is 0. The number of nitrogens with zero attached hydrogens (tertiary/aromatic N) is 3. The summed E-state index contributed by atoms with van der Waals surface area (Å²) in [4.78, 5) is 4.96. The number of hydrogen-bond acceptors (Lipinski definition) is 5. The van der Waals surface area contributed by atoms with Gasteiger partial charge in [-0.1, -0.05) is 18.7 Å². The molecule has 0 aliphatic carbocycles. The minimum absolute atomic E-state index is 0.238. The second-order valence-corrected chi connectivity index (χ2v) is 11.8. The van der Waals surface area contributed by atoms with Crippen LogP contribution in [0.4, 0.5) is 8.78 Å². The number of imidazole rings is 1. The van der Waals surface area contributed by atoms with Gasteiger partial charge in [-0.3, -0.25) is 0 Å². The number of thioether (sulfide) groups is 1. The maximum absolute atomic E-state index is 13.6. The molecule has 3 aromatic rings. The Bertz CT molecular complexity index is 1260. The average molecular weight is 524 g/mol. The molecule has 1 saturated heterocycles. The molecule has 1 aliphatic rings. The smallest absolute Gasteiger partial charge is 0.243 e. The van der Waals surface area contributed by atoms with Crippen molar-refractivity contribution in [3.63, 3.8) is 0 Å². The Labute approximate surface area is 209 Å². The Morgan fingerprint density at radius 3 is 2.66 bits per heavy atom. The number of rotatable bonds is 10. The number of sulfonamides is 1. The van der Waals surface area contributed by atoms with Crippen LogP contribution >= 0.6 is 11.8 Å². The Balaban J connectivity index is 1.63. The molecule has 1 aromatic heterocycles. The van der Waals surface area contributed by atoms with E-state index in [0.29, 0.717) is 60.8 Å². The highest BCUT2D eigenvalue weighted by Gasteiger charge is 2.29. The maximum atomic E-state index is 13.6. The fourth-order valence-corrected chi connectivity index (χ4v) is 6.99. The highest BCUT2D eigenvalue weighted by Crippen LogP contribution is 2.31. The molecule has 0 spiro atoms. The number of halogens is 2. The first-order chi connectivity index (χ1) is 16.8. The molecular formula is C25H31F2N3O3S2. The van der Waals surface area contributed by atoms with Gasteiger partial charge in [0.15, 0.2) is 5.16 Å². The summed E-state index contributed by atoms with van der Waals surface area (Å²) in [5, 5.41) is 0.669. The van der Waals surface area contributed by atoms with Gasteiger partial charge in [0.2, 0.25) is 10.0 Å². The summed E-state index contributed by atoms with van der Waals surface area (Å²) in [7, 11) is -3.61. The van der Waals surface area contributed by atoms with E-state index in [1.807, 2.05) is 11.5 Å². The molecule has 2 aromatic carbocycles. The number of fused-ring (bicyclic) bond motifs is 1. The first kappa shape index (κ1) is 26.1. The number of benzene rings is 2. The molecule has 1 fully saturated rings. The first-order valence-electron chi connectivity index (χ1n) is 11.9. The summed E-state index contributed by atoms with van der Waals surface area (Å²) in [6, 6.07) is 8.55. The second kappa shape index (κ2) is 11.4. The van der Waals surface area contributed by atoms with E-state index in [2.05, 4.69) is 6.92 Å². The molecule has 190 valence electrons. The van der Waals surface area contributed by atoms with Crippen molar-refractivity contribution in [2.24, 2.45) is 5.92 Å². The molecule has 0 unspecified atom stereocenters. The number of piperidine rings is 1. The van der Waals surface area contributed by atoms with Gasteiger partial charge in [0.1, 0.15) is 11.6 Å². The lowest BCUT2D eigenvalue weighted by Crippen LogP contribution is -2.39. The van der Waals surface area contributed by atoms with Crippen molar-refractivity contribution < 1.29 is 21.9 Å². The summed E-state index contributed by atoms with van der Waals surface area (Å²) in [6.45, 7) is 6.92. The quantitative estimate of drug-likeness (QED) is 0.261. The van der Waals surface area contributed by atoms with Gasteiger partial charge < -0.3 is 9.30 Å². The summed E-state index contributed by atoms with van der Waals surface area (Å²) in [6.07, 6.45) is 2.65. The van der Waals surface area contributed by atoms with Crippen LogP contribution in [0.5, 0.6) is 0 Å². The molecule has 1 aliphatic heterocycles. The van der Waals surface area contributed by atoms with Crippen molar-refractivity contribution in [3.8, 4) is 0 Å². The molecule has 1 atom stereocenters. The largest absolute Gasteiger partial charge is 0.382 e. The maximum Gasteiger partial charge on any atom is 0.243 e. The SMILES string of the molecule is CCOCCCn1c(SCc2cc(F)cc(F)c2)nc2cc(S(=O)(=O)N3CCC[C@@H](C)C3)ccc21.